The monoisotopic (exact) mass is 387 g/mol. The molecule has 1 aromatic carbocycles. The van der Waals surface area contributed by atoms with Gasteiger partial charge in [0.1, 0.15) is 11.4 Å². The number of aromatic nitrogens is 2. The van der Waals surface area contributed by atoms with Crippen LogP contribution in [0.5, 0.6) is 17.5 Å². The number of nitrogens with one attached hydrogen (secondary N) is 1. The summed E-state index contributed by atoms with van der Waals surface area (Å²) < 4.78 is 10.5. The zero-order valence-electron chi connectivity index (χ0n) is 17.8. The first-order chi connectivity index (χ1) is 12.9. The molecule has 0 unspecified atom stereocenters. The van der Waals surface area contributed by atoms with E-state index in [0.717, 1.165) is 11.1 Å². The van der Waals surface area contributed by atoms with Crippen molar-refractivity contribution < 1.29 is 19.4 Å². The summed E-state index contributed by atoms with van der Waals surface area (Å²) in [5.41, 5.74) is 2.05. The van der Waals surface area contributed by atoms with Crippen LogP contribution in [0.1, 0.15) is 52.7 Å². The number of benzene rings is 1. The molecule has 0 radical (unpaired) electrons. The molecule has 0 spiro atoms. The van der Waals surface area contributed by atoms with E-state index < -0.39 is 6.09 Å². The van der Waals surface area contributed by atoms with E-state index in [1.54, 1.807) is 0 Å². The molecule has 2 rings (SSSR count). The molecule has 7 nitrogen and oxygen atoms in total. The van der Waals surface area contributed by atoms with Crippen molar-refractivity contribution in [2.24, 2.45) is 0 Å². The molecule has 152 valence electrons. The number of phenols is 1. The van der Waals surface area contributed by atoms with E-state index >= 15 is 0 Å². The molecule has 0 fully saturated rings. The van der Waals surface area contributed by atoms with Gasteiger partial charge in [0.05, 0.1) is 13.3 Å². The van der Waals surface area contributed by atoms with Gasteiger partial charge >= 0.3 is 12.1 Å². The maximum Gasteiger partial charge on any atom is 0.412 e. The van der Waals surface area contributed by atoms with E-state index in [9.17, 15) is 9.90 Å². The number of carbonyl (C=O) groups excluding carboxylic acids is 1. The van der Waals surface area contributed by atoms with Gasteiger partial charge in [-0.15, -0.1) is 0 Å². The lowest BCUT2D eigenvalue weighted by atomic mass is 9.78. The largest absolute Gasteiger partial charge is 0.507 e. The maximum absolute atomic E-state index is 11.8. The lowest BCUT2D eigenvalue weighted by molar-refractivity contribution is 0.202. The van der Waals surface area contributed by atoms with Gasteiger partial charge in [-0.25, -0.2) is 4.79 Å². The molecule has 28 heavy (non-hydrogen) atoms. The number of hydrogen-bond acceptors (Lipinski definition) is 6. The fourth-order valence-electron chi connectivity index (χ4n) is 2.80. The average Bonchev–Trinajstić information content (AvgIpc) is 2.60. The molecule has 2 N–H and O–H groups in total. The third-order valence-electron chi connectivity index (χ3n) is 4.32. The number of rotatable bonds is 3. The van der Waals surface area contributed by atoms with E-state index in [0.29, 0.717) is 11.3 Å². The lowest BCUT2D eigenvalue weighted by Crippen LogP contribution is -2.22. The molecule has 0 aliphatic rings. The van der Waals surface area contributed by atoms with Crippen LogP contribution in [-0.4, -0.2) is 35.3 Å². The summed E-state index contributed by atoms with van der Waals surface area (Å²) in [7, 11) is 2.94. The van der Waals surface area contributed by atoms with Gasteiger partial charge in [-0.1, -0.05) is 41.5 Å². The van der Waals surface area contributed by atoms with Crippen LogP contribution >= 0.6 is 0 Å². The van der Waals surface area contributed by atoms with Crippen LogP contribution in [0.2, 0.25) is 0 Å². The summed E-state index contributed by atoms with van der Waals surface area (Å²) in [4.78, 5) is 20.2. The summed E-state index contributed by atoms with van der Waals surface area (Å²) in [5, 5.41) is 13.3. The third kappa shape index (κ3) is 4.52. The van der Waals surface area contributed by atoms with Crippen LogP contribution in [0.3, 0.4) is 0 Å². The first-order valence-electron chi connectivity index (χ1n) is 9.07. The molecule has 0 saturated carbocycles. The molecule has 1 amide bonds. The van der Waals surface area contributed by atoms with Crippen molar-refractivity contribution in [1.29, 1.82) is 0 Å². The molecule has 0 aliphatic heterocycles. The smallest absolute Gasteiger partial charge is 0.412 e. The fourth-order valence-corrected chi connectivity index (χ4v) is 2.80. The Balaban J connectivity index is 2.81. The Labute approximate surface area is 166 Å². The summed E-state index contributed by atoms with van der Waals surface area (Å²) in [6.45, 7) is 12.2. The third-order valence-corrected chi connectivity index (χ3v) is 4.32. The van der Waals surface area contributed by atoms with Crippen molar-refractivity contribution in [3.63, 3.8) is 0 Å². The van der Waals surface area contributed by atoms with Crippen molar-refractivity contribution in [2.45, 2.75) is 52.4 Å². The first-order valence-corrected chi connectivity index (χ1v) is 9.07. The highest BCUT2D eigenvalue weighted by Crippen LogP contribution is 2.43. The molecular formula is C21H29N3O4. The quantitative estimate of drug-likeness (QED) is 0.821. The van der Waals surface area contributed by atoms with Crippen LogP contribution in [0.25, 0.3) is 11.3 Å². The molecule has 2 aromatic rings. The number of nitrogens with zero attached hydrogens (tertiary/aromatic N) is 2. The Morgan fingerprint density at radius 2 is 1.61 bits per heavy atom. The summed E-state index contributed by atoms with van der Waals surface area (Å²) in [5.74, 6) is 0.462. The summed E-state index contributed by atoms with van der Waals surface area (Å²) in [6, 6.07) is 3.88. The molecule has 0 saturated heterocycles. The van der Waals surface area contributed by atoms with Crippen molar-refractivity contribution >= 4 is 6.09 Å². The Morgan fingerprint density at radius 3 is 2.04 bits per heavy atom. The minimum atomic E-state index is -0.624. The second-order valence-electron chi connectivity index (χ2n) is 8.63. The van der Waals surface area contributed by atoms with Gasteiger partial charge in [-0.2, -0.15) is 9.97 Å². The minimum absolute atomic E-state index is 0.155. The number of phenolic OH excluding ortho intramolecular Hbond substituents is 1. The van der Waals surface area contributed by atoms with Crippen LogP contribution in [0.4, 0.5) is 4.79 Å². The number of methoxy groups -OCH3 is 1. The van der Waals surface area contributed by atoms with Crippen LogP contribution in [0, 0.1) is 0 Å². The number of ether oxygens (including phenoxy) is 2. The number of amides is 1. The SMILES string of the molecule is CNC(=O)Oc1cnc(OC)nc1-c1cc(C(C)(C)C)c(O)c(C(C)(C)C)c1. The van der Waals surface area contributed by atoms with E-state index in [1.807, 2.05) is 53.7 Å². The normalized spacial score (nSPS) is 11.9. The number of aromatic hydroxyl groups is 1. The van der Waals surface area contributed by atoms with Crippen LogP contribution < -0.4 is 14.8 Å². The van der Waals surface area contributed by atoms with Crippen LogP contribution in [0.15, 0.2) is 18.3 Å². The van der Waals surface area contributed by atoms with Gasteiger partial charge in [0, 0.05) is 23.7 Å². The van der Waals surface area contributed by atoms with Gasteiger partial charge in [-0.3, -0.25) is 0 Å². The number of hydrogen-bond donors (Lipinski definition) is 2. The van der Waals surface area contributed by atoms with Gasteiger partial charge in [0.25, 0.3) is 0 Å². The Bertz CT molecular complexity index is 845. The molecule has 1 heterocycles. The number of carbonyl (C=O) groups is 1. The molecule has 0 atom stereocenters. The Hall–Kier alpha value is -2.83. The van der Waals surface area contributed by atoms with Gasteiger partial charge in [-0.05, 0) is 23.0 Å². The molecule has 1 aromatic heterocycles. The Morgan fingerprint density at radius 1 is 1.07 bits per heavy atom. The van der Waals surface area contributed by atoms with Gasteiger partial charge in [0.2, 0.25) is 0 Å². The Kier molecular flexibility index (Phi) is 5.87. The predicted molar refractivity (Wildman–Crippen MR) is 108 cm³/mol. The van der Waals surface area contributed by atoms with Crippen LogP contribution in [-0.2, 0) is 10.8 Å². The average molecular weight is 387 g/mol. The zero-order chi connectivity index (χ0) is 21.3. The zero-order valence-corrected chi connectivity index (χ0v) is 17.8. The first kappa shape index (κ1) is 21.5. The van der Waals surface area contributed by atoms with E-state index in [4.69, 9.17) is 9.47 Å². The second-order valence-corrected chi connectivity index (χ2v) is 8.63. The van der Waals surface area contributed by atoms with E-state index in [1.165, 1.54) is 20.4 Å². The maximum atomic E-state index is 11.8. The van der Waals surface area contributed by atoms with E-state index in [2.05, 4.69) is 15.3 Å². The topological polar surface area (TPSA) is 93.6 Å². The minimum Gasteiger partial charge on any atom is -0.507 e. The standard InChI is InChI=1S/C21H29N3O4/c1-20(2,3)13-9-12(10-14(17(13)25)21(4,5)6)16-15(28-19(26)22-7)11-23-18(24-16)27-8/h9-11,25H,1-8H3,(H,22,26). The van der Waals surface area contributed by atoms with E-state index in [-0.39, 0.29) is 28.3 Å². The molecular weight excluding hydrogens is 358 g/mol. The summed E-state index contributed by atoms with van der Waals surface area (Å²) in [6.07, 6.45) is 0.775. The molecule has 0 aliphatic carbocycles. The van der Waals surface area contributed by atoms with Crippen molar-refractivity contribution in [3.8, 4) is 28.8 Å². The fraction of sp³-hybridized carbons (Fsp3) is 0.476. The lowest BCUT2D eigenvalue weighted by Gasteiger charge is -2.28. The predicted octanol–water partition coefficient (Wildman–Crippen LogP) is 4.17. The summed E-state index contributed by atoms with van der Waals surface area (Å²) >= 11 is 0. The molecule has 0 bridgehead atoms. The highest BCUT2D eigenvalue weighted by Gasteiger charge is 2.28. The molecule has 7 heteroatoms. The highest BCUT2D eigenvalue weighted by atomic mass is 16.6. The van der Waals surface area contributed by atoms with Gasteiger partial charge in [0.15, 0.2) is 5.75 Å². The van der Waals surface area contributed by atoms with Gasteiger partial charge < -0.3 is 19.9 Å². The highest BCUT2D eigenvalue weighted by molar-refractivity contribution is 5.76. The van der Waals surface area contributed by atoms with Crippen molar-refractivity contribution in [1.82, 2.24) is 15.3 Å². The second kappa shape index (κ2) is 7.66. The van der Waals surface area contributed by atoms with Crippen molar-refractivity contribution in [3.05, 3.63) is 29.5 Å². The van der Waals surface area contributed by atoms with Crippen molar-refractivity contribution in [2.75, 3.05) is 14.2 Å².